The Labute approximate surface area is 179 Å². The average molecular weight is 428 g/mol. The number of hydrogen-bond donors (Lipinski definition) is 3. The van der Waals surface area contributed by atoms with Gasteiger partial charge >= 0.3 is 6.03 Å². The van der Waals surface area contributed by atoms with Gasteiger partial charge in [0.15, 0.2) is 11.5 Å². The van der Waals surface area contributed by atoms with Crippen molar-refractivity contribution >= 4 is 29.2 Å². The van der Waals surface area contributed by atoms with Crippen LogP contribution in [0.3, 0.4) is 0 Å². The third-order valence-electron chi connectivity index (χ3n) is 4.23. The molecule has 10 heteroatoms. The smallest absolute Gasteiger partial charge is 0.325 e. The minimum Gasteiger partial charge on any atom is -0.497 e. The van der Waals surface area contributed by atoms with E-state index in [4.69, 9.17) is 14.2 Å². The Morgan fingerprint density at radius 2 is 1.65 bits per heavy atom. The second-order valence-corrected chi connectivity index (χ2v) is 6.81. The number of fused-ring (bicyclic) bond motifs is 1. The summed E-state index contributed by atoms with van der Waals surface area (Å²) < 4.78 is 16.0. The summed E-state index contributed by atoms with van der Waals surface area (Å²) in [4.78, 5) is 37.8. The van der Waals surface area contributed by atoms with Crippen LogP contribution in [0.15, 0.2) is 42.5 Å². The fraction of sp³-hybridized carbons (Fsp3) is 0.286. The van der Waals surface area contributed by atoms with Gasteiger partial charge in [-0.25, -0.2) is 4.79 Å². The fourth-order valence-electron chi connectivity index (χ4n) is 2.90. The lowest BCUT2D eigenvalue weighted by molar-refractivity contribution is -0.121. The van der Waals surface area contributed by atoms with Crippen LogP contribution in [0.5, 0.6) is 17.2 Å². The lowest BCUT2D eigenvalue weighted by Gasteiger charge is -2.19. The van der Waals surface area contributed by atoms with Crippen molar-refractivity contribution in [3.8, 4) is 17.2 Å². The SMILES string of the molecule is COc1cccc(NC(=O)CN(C)CC(=O)NC(=O)Nc2ccc3c(c2)OCCO3)c1. The van der Waals surface area contributed by atoms with Gasteiger partial charge < -0.3 is 24.8 Å². The summed E-state index contributed by atoms with van der Waals surface area (Å²) in [7, 11) is 3.14. The quantitative estimate of drug-likeness (QED) is 0.614. The highest BCUT2D eigenvalue weighted by atomic mass is 16.6. The Bertz CT molecular complexity index is 965. The van der Waals surface area contributed by atoms with Crippen LogP contribution >= 0.6 is 0 Å². The van der Waals surface area contributed by atoms with Crippen molar-refractivity contribution in [2.45, 2.75) is 0 Å². The van der Waals surface area contributed by atoms with Crippen LogP contribution in [0.1, 0.15) is 0 Å². The summed E-state index contributed by atoms with van der Waals surface area (Å²) in [5.74, 6) is 0.893. The monoisotopic (exact) mass is 428 g/mol. The lowest BCUT2D eigenvalue weighted by atomic mass is 10.2. The first-order valence-corrected chi connectivity index (χ1v) is 9.56. The number of benzene rings is 2. The summed E-state index contributed by atoms with van der Waals surface area (Å²) in [5, 5.41) is 7.52. The van der Waals surface area contributed by atoms with Gasteiger partial charge in [-0.3, -0.25) is 19.8 Å². The van der Waals surface area contributed by atoms with Gasteiger partial charge in [0.2, 0.25) is 11.8 Å². The third-order valence-corrected chi connectivity index (χ3v) is 4.23. The molecule has 31 heavy (non-hydrogen) atoms. The average Bonchev–Trinajstić information content (AvgIpc) is 2.73. The number of hydrogen-bond acceptors (Lipinski definition) is 7. The molecular weight excluding hydrogens is 404 g/mol. The molecule has 0 atom stereocenters. The highest BCUT2D eigenvalue weighted by molar-refractivity contribution is 6.02. The third kappa shape index (κ3) is 6.61. The number of nitrogens with one attached hydrogen (secondary N) is 3. The largest absolute Gasteiger partial charge is 0.497 e. The number of carbonyl (C=O) groups excluding carboxylic acids is 3. The predicted molar refractivity (Wildman–Crippen MR) is 114 cm³/mol. The topological polar surface area (TPSA) is 118 Å². The molecule has 2 aromatic carbocycles. The van der Waals surface area contributed by atoms with Crippen molar-refractivity contribution in [1.82, 2.24) is 10.2 Å². The molecule has 0 spiro atoms. The van der Waals surface area contributed by atoms with E-state index in [1.807, 2.05) is 0 Å². The molecule has 3 rings (SSSR count). The highest BCUT2D eigenvalue weighted by Gasteiger charge is 2.15. The molecule has 0 radical (unpaired) electrons. The van der Waals surface area contributed by atoms with E-state index in [1.165, 1.54) is 12.0 Å². The van der Waals surface area contributed by atoms with E-state index in [1.54, 1.807) is 49.5 Å². The number of ether oxygens (including phenoxy) is 3. The molecular formula is C21H24N4O6. The second-order valence-electron chi connectivity index (χ2n) is 6.81. The van der Waals surface area contributed by atoms with Crippen LogP contribution in [0, 0.1) is 0 Å². The molecule has 1 aliphatic rings. The van der Waals surface area contributed by atoms with E-state index in [0.717, 1.165) is 0 Å². The van der Waals surface area contributed by atoms with E-state index in [-0.39, 0.29) is 19.0 Å². The first kappa shape index (κ1) is 21.9. The molecule has 1 heterocycles. The summed E-state index contributed by atoms with van der Waals surface area (Å²) in [5.41, 5.74) is 1.04. The zero-order valence-corrected chi connectivity index (χ0v) is 17.3. The Morgan fingerprint density at radius 1 is 0.935 bits per heavy atom. The van der Waals surface area contributed by atoms with Gasteiger partial charge in [-0.1, -0.05) is 6.07 Å². The van der Waals surface area contributed by atoms with Gasteiger partial charge in [0, 0.05) is 23.5 Å². The zero-order chi connectivity index (χ0) is 22.2. The molecule has 3 N–H and O–H groups in total. The van der Waals surface area contributed by atoms with Crippen molar-refractivity contribution in [2.75, 3.05) is 51.1 Å². The van der Waals surface area contributed by atoms with Gasteiger partial charge in [0.25, 0.3) is 0 Å². The Balaban J connectivity index is 1.43. The van der Waals surface area contributed by atoms with Crippen molar-refractivity contribution in [3.63, 3.8) is 0 Å². The maximum absolute atomic E-state index is 12.2. The van der Waals surface area contributed by atoms with E-state index < -0.39 is 11.9 Å². The summed E-state index contributed by atoms with van der Waals surface area (Å²) in [6.45, 7) is 0.729. The summed E-state index contributed by atoms with van der Waals surface area (Å²) in [6.07, 6.45) is 0. The molecule has 10 nitrogen and oxygen atoms in total. The van der Waals surface area contributed by atoms with Gasteiger partial charge in [-0.15, -0.1) is 0 Å². The predicted octanol–water partition coefficient (Wildman–Crippen LogP) is 1.68. The van der Waals surface area contributed by atoms with Crippen LogP contribution < -0.4 is 30.2 Å². The van der Waals surface area contributed by atoms with Crippen LogP contribution in [-0.2, 0) is 9.59 Å². The number of imide groups is 1. The number of rotatable bonds is 7. The van der Waals surface area contributed by atoms with Crippen molar-refractivity contribution in [1.29, 1.82) is 0 Å². The number of methoxy groups -OCH3 is 1. The van der Waals surface area contributed by atoms with Gasteiger partial charge in [0.05, 0.1) is 20.2 Å². The first-order chi connectivity index (χ1) is 14.9. The lowest BCUT2D eigenvalue weighted by Crippen LogP contribution is -2.42. The number of carbonyl (C=O) groups is 3. The van der Waals surface area contributed by atoms with Crippen LogP contribution in [0.2, 0.25) is 0 Å². The van der Waals surface area contributed by atoms with E-state index >= 15 is 0 Å². The van der Waals surface area contributed by atoms with Crippen molar-refractivity contribution in [3.05, 3.63) is 42.5 Å². The standard InChI is InChI=1S/C21H24N4O6/c1-25(12-19(26)22-14-4-3-5-16(10-14)29-2)13-20(27)24-21(28)23-15-6-7-17-18(11-15)31-9-8-30-17/h3-7,10-11H,8-9,12-13H2,1-2H3,(H,22,26)(H2,23,24,27,28). The molecule has 0 unspecified atom stereocenters. The van der Waals surface area contributed by atoms with Gasteiger partial charge in [0.1, 0.15) is 19.0 Å². The number of urea groups is 1. The fourth-order valence-corrected chi connectivity index (χ4v) is 2.90. The van der Waals surface area contributed by atoms with E-state index in [0.29, 0.717) is 41.8 Å². The first-order valence-electron chi connectivity index (χ1n) is 9.56. The molecule has 0 aromatic heterocycles. The molecule has 1 aliphatic heterocycles. The zero-order valence-electron chi connectivity index (χ0n) is 17.3. The van der Waals surface area contributed by atoms with E-state index in [2.05, 4.69) is 16.0 Å². The minimum atomic E-state index is -0.684. The van der Waals surface area contributed by atoms with Crippen LogP contribution in [-0.4, -0.2) is 63.2 Å². The van der Waals surface area contributed by atoms with Crippen molar-refractivity contribution in [2.24, 2.45) is 0 Å². The van der Waals surface area contributed by atoms with Crippen LogP contribution in [0.25, 0.3) is 0 Å². The number of amides is 4. The van der Waals surface area contributed by atoms with Gasteiger partial charge in [-0.05, 0) is 31.3 Å². The van der Waals surface area contributed by atoms with Crippen molar-refractivity contribution < 1.29 is 28.6 Å². The highest BCUT2D eigenvalue weighted by Crippen LogP contribution is 2.32. The number of likely N-dealkylation sites (N-methyl/N-ethyl adjacent to an activating group) is 1. The molecule has 0 fully saturated rings. The molecule has 0 aliphatic carbocycles. The Kier molecular flexibility index (Phi) is 7.28. The molecule has 4 amide bonds. The molecule has 164 valence electrons. The van der Waals surface area contributed by atoms with Gasteiger partial charge in [-0.2, -0.15) is 0 Å². The number of nitrogens with zero attached hydrogens (tertiary/aromatic N) is 1. The summed E-state index contributed by atoms with van der Waals surface area (Å²) in [6, 6.07) is 11.2. The molecule has 0 saturated carbocycles. The Hall–Kier alpha value is -3.79. The second kappa shape index (κ2) is 10.3. The molecule has 0 bridgehead atoms. The number of anilines is 2. The maximum atomic E-state index is 12.2. The van der Waals surface area contributed by atoms with E-state index in [9.17, 15) is 14.4 Å². The Morgan fingerprint density at radius 3 is 2.42 bits per heavy atom. The van der Waals surface area contributed by atoms with Crippen LogP contribution in [0.4, 0.5) is 16.2 Å². The normalized spacial score (nSPS) is 12.1. The minimum absolute atomic E-state index is 0.0333. The summed E-state index contributed by atoms with van der Waals surface area (Å²) >= 11 is 0. The molecule has 0 saturated heterocycles. The maximum Gasteiger partial charge on any atom is 0.325 e. The molecule has 2 aromatic rings.